The van der Waals surface area contributed by atoms with Gasteiger partial charge in [-0.2, -0.15) is 0 Å². The Hall–Kier alpha value is -3.10. The molecule has 0 fully saturated rings. The summed E-state index contributed by atoms with van der Waals surface area (Å²) < 4.78 is 9.98. The Morgan fingerprint density at radius 1 is 1.03 bits per heavy atom. The number of rotatable bonds is 13. The molecule has 9 heteroatoms. The van der Waals surface area contributed by atoms with Crippen LogP contribution in [0.4, 0.5) is 4.79 Å². The molecule has 208 valence electrons. The third kappa shape index (κ3) is 11.2. The molecule has 0 aliphatic rings. The highest BCUT2D eigenvalue weighted by atomic mass is 16.6. The molecule has 0 aromatic heterocycles. The highest BCUT2D eigenvalue weighted by molar-refractivity contribution is 5.93. The number of carbonyl (C=O) groups excluding carboxylic acids is 4. The van der Waals surface area contributed by atoms with Crippen LogP contribution >= 0.6 is 0 Å². The molecular formula is C28H45N3O6. The smallest absolute Gasteiger partial charge is 0.408 e. The number of unbranched alkanes of at least 4 members (excludes halogenated alkanes) is 4. The largest absolute Gasteiger partial charge is 0.468 e. The Bertz CT molecular complexity index is 925. The molecule has 1 aromatic carbocycles. The van der Waals surface area contributed by atoms with E-state index < -0.39 is 41.6 Å². The zero-order valence-corrected chi connectivity index (χ0v) is 23.7. The fourth-order valence-corrected chi connectivity index (χ4v) is 3.96. The number of hydrogen-bond acceptors (Lipinski definition) is 6. The van der Waals surface area contributed by atoms with Crippen LogP contribution in [0, 0.1) is 13.8 Å². The van der Waals surface area contributed by atoms with Gasteiger partial charge in [0.1, 0.15) is 24.2 Å². The molecule has 0 heterocycles. The average molecular weight is 520 g/mol. The van der Waals surface area contributed by atoms with Crippen LogP contribution in [0.25, 0.3) is 0 Å². The molecule has 2 atom stereocenters. The number of alkyl carbamates (subject to hydrolysis) is 1. The number of esters is 1. The van der Waals surface area contributed by atoms with E-state index in [1.54, 1.807) is 27.7 Å². The van der Waals surface area contributed by atoms with Crippen molar-refractivity contribution in [1.82, 2.24) is 15.5 Å². The fourth-order valence-electron chi connectivity index (χ4n) is 3.96. The Kier molecular flexibility index (Phi) is 13.1. The predicted molar refractivity (Wildman–Crippen MR) is 143 cm³/mol. The van der Waals surface area contributed by atoms with Crippen molar-refractivity contribution >= 4 is 23.9 Å². The van der Waals surface area contributed by atoms with E-state index in [1.165, 1.54) is 12.0 Å². The van der Waals surface area contributed by atoms with Gasteiger partial charge in [-0.3, -0.25) is 14.4 Å². The van der Waals surface area contributed by atoms with E-state index in [0.29, 0.717) is 18.5 Å². The Morgan fingerprint density at radius 2 is 1.68 bits per heavy atom. The highest BCUT2D eigenvalue weighted by Gasteiger charge is 2.35. The van der Waals surface area contributed by atoms with Crippen LogP contribution in [0.2, 0.25) is 0 Å². The van der Waals surface area contributed by atoms with Crippen molar-refractivity contribution in [2.45, 2.75) is 98.3 Å². The summed E-state index contributed by atoms with van der Waals surface area (Å²) in [6, 6.07) is 3.73. The lowest BCUT2D eigenvalue weighted by Crippen LogP contribution is -2.52. The summed E-state index contributed by atoms with van der Waals surface area (Å²) in [7, 11) is 1.24. The quantitative estimate of drug-likeness (QED) is 0.296. The van der Waals surface area contributed by atoms with Gasteiger partial charge < -0.3 is 25.0 Å². The molecule has 2 unspecified atom stereocenters. The van der Waals surface area contributed by atoms with Crippen LogP contribution in [0.15, 0.2) is 18.2 Å². The molecule has 0 aliphatic heterocycles. The number of ether oxygens (including phenoxy) is 2. The number of amides is 3. The minimum absolute atomic E-state index is 0.312. The summed E-state index contributed by atoms with van der Waals surface area (Å²) in [6.07, 6.45) is 4.07. The first-order valence-corrected chi connectivity index (χ1v) is 13.0. The van der Waals surface area contributed by atoms with Crippen LogP contribution in [0.3, 0.4) is 0 Å². The number of aryl methyl sites for hydroxylation is 2. The number of carbonyl (C=O) groups is 4. The van der Waals surface area contributed by atoms with Gasteiger partial charge >= 0.3 is 12.1 Å². The Morgan fingerprint density at radius 3 is 2.24 bits per heavy atom. The monoisotopic (exact) mass is 519 g/mol. The topological polar surface area (TPSA) is 114 Å². The normalized spacial score (nSPS) is 12.8. The number of methoxy groups -OCH3 is 1. The van der Waals surface area contributed by atoms with Crippen molar-refractivity contribution < 1.29 is 28.7 Å². The van der Waals surface area contributed by atoms with Gasteiger partial charge in [-0.25, -0.2) is 4.79 Å². The van der Waals surface area contributed by atoms with Gasteiger partial charge in [-0.1, -0.05) is 56.4 Å². The lowest BCUT2D eigenvalue weighted by atomic mass is 9.96. The van der Waals surface area contributed by atoms with Gasteiger partial charge in [0.2, 0.25) is 11.8 Å². The molecule has 1 aromatic rings. The second kappa shape index (κ2) is 15.2. The summed E-state index contributed by atoms with van der Waals surface area (Å²) in [6.45, 7) is 12.7. The van der Waals surface area contributed by atoms with Crippen molar-refractivity contribution in [2.24, 2.45) is 0 Å². The average Bonchev–Trinajstić information content (AvgIpc) is 2.80. The van der Waals surface area contributed by atoms with Crippen LogP contribution in [0.1, 0.15) is 89.5 Å². The molecular weight excluding hydrogens is 474 g/mol. The van der Waals surface area contributed by atoms with Gasteiger partial charge in [0, 0.05) is 6.54 Å². The van der Waals surface area contributed by atoms with E-state index in [1.807, 2.05) is 32.0 Å². The van der Waals surface area contributed by atoms with Crippen molar-refractivity contribution in [1.29, 1.82) is 0 Å². The third-order valence-electron chi connectivity index (χ3n) is 5.80. The lowest BCUT2D eigenvalue weighted by molar-refractivity contribution is -0.144. The van der Waals surface area contributed by atoms with Crippen molar-refractivity contribution in [3.63, 3.8) is 0 Å². The predicted octanol–water partition coefficient (Wildman–Crippen LogP) is 4.35. The van der Waals surface area contributed by atoms with Gasteiger partial charge in [-0.05, 0) is 59.1 Å². The minimum atomic E-state index is -0.994. The summed E-state index contributed by atoms with van der Waals surface area (Å²) in [5.74, 6) is -1.51. The molecule has 0 bridgehead atoms. The maximum Gasteiger partial charge on any atom is 0.408 e. The maximum atomic E-state index is 13.7. The Labute approximate surface area is 221 Å². The number of benzene rings is 1. The van der Waals surface area contributed by atoms with E-state index >= 15 is 0 Å². The van der Waals surface area contributed by atoms with Crippen molar-refractivity contribution in [3.05, 3.63) is 34.9 Å². The zero-order valence-electron chi connectivity index (χ0n) is 23.7. The molecule has 0 radical (unpaired) electrons. The summed E-state index contributed by atoms with van der Waals surface area (Å²) >= 11 is 0. The van der Waals surface area contributed by atoms with E-state index in [2.05, 4.69) is 22.3 Å². The molecule has 3 amide bonds. The van der Waals surface area contributed by atoms with E-state index in [0.717, 1.165) is 36.8 Å². The van der Waals surface area contributed by atoms with Crippen LogP contribution in [-0.2, 0) is 23.9 Å². The first-order valence-electron chi connectivity index (χ1n) is 13.0. The van der Waals surface area contributed by atoms with Crippen LogP contribution in [-0.4, -0.2) is 60.6 Å². The fraction of sp³-hybridized carbons (Fsp3) is 0.643. The molecule has 1 rings (SSSR count). The maximum absolute atomic E-state index is 13.7. The van der Waals surface area contributed by atoms with E-state index in [9.17, 15) is 19.2 Å². The molecule has 37 heavy (non-hydrogen) atoms. The third-order valence-corrected chi connectivity index (χ3v) is 5.80. The van der Waals surface area contributed by atoms with Gasteiger partial charge in [-0.15, -0.1) is 0 Å². The van der Waals surface area contributed by atoms with Gasteiger partial charge in [0.05, 0.1) is 7.11 Å². The Balaban J connectivity index is 3.36. The zero-order chi connectivity index (χ0) is 28.2. The SMILES string of the molecule is CCCCCCCN(C(=O)C(C)NC(=O)OC(C)(C)C)C(C(=O)NCC(=O)OC)c1ccc(C)cc1C. The van der Waals surface area contributed by atoms with Crippen molar-refractivity contribution in [3.8, 4) is 0 Å². The number of hydrogen-bond donors (Lipinski definition) is 2. The van der Waals surface area contributed by atoms with Crippen molar-refractivity contribution in [2.75, 3.05) is 20.2 Å². The van der Waals surface area contributed by atoms with Crippen LogP contribution < -0.4 is 10.6 Å². The van der Waals surface area contributed by atoms with Gasteiger partial charge in [0.15, 0.2) is 0 Å². The molecule has 9 nitrogen and oxygen atoms in total. The number of nitrogens with zero attached hydrogens (tertiary/aromatic N) is 1. The second-order valence-electron chi connectivity index (χ2n) is 10.4. The molecule has 0 spiro atoms. The molecule has 2 N–H and O–H groups in total. The van der Waals surface area contributed by atoms with E-state index in [-0.39, 0.29) is 6.54 Å². The minimum Gasteiger partial charge on any atom is -0.468 e. The molecule has 0 aliphatic carbocycles. The standard InChI is InChI=1S/C28H45N3O6/c1-9-10-11-12-13-16-31(26(34)21(4)30-27(35)37-28(5,6)7)24(25(33)29-18-23(32)36-8)22-15-14-19(2)17-20(22)3/h14-15,17,21,24H,9-13,16,18H2,1-8H3,(H,29,33)(H,30,35). The number of nitrogens with one attached hydrogen (secondary N) is 2. The summed E-state index contributed by atoms with van der Waals surface area (Å²) in [5.41, 5.74) is 1.79. The highest BCUT2D eigenvalue weighted by Crippen LogP contribution is 2.27. The first kappa shape index (κ1) is 31.9. The summed E-state index contributed by atoms with van der Waals surface area (Å²) in [5, 5.41) is 5.21. The van der Waals surface area contributed by atoms with Crippen LogP contribution in [0.5, 0.6) is 0 Å². The second-order valence-corrected chi connectivity index (χ2v) is 10.4. The first-order chi connectivity index (χ1) is 17.3. The summed E-state index contributed by atoms with van der Waals surface area (Å²) in [4.78, 5) is 52.8. The molecule has 0 saturated carbocycles. The van der Waals surface area contributed by atoms with Gasteiger partial charge in [0.25, 0.3) is 0 Å². The molecule has 0 saturated heterocycles. The van der Waals surface area contributed by atoms with E-state index in [4.69, 9.17) is 4.74 Å². The lowest BCUT2D eigenvalue weighted by Gasteiger charge is -2.34.